The highest BCUT2D eigenvalue weighted by Crippen LogP contribution is 2.31. The van der Waals surface area contributed by atoms with Crippen molar-refractivity contribution < 1.29 is 19.5 Å². The summed E-state index contributed by atoms with van der Waals surface area (Å²) in [6.45, 7) is 3.93. The minimum atomic E-state index is -1.27. The summed E-state index contributed by atoms with van der Waals surface area (Å²) in [5.41, 5.74) is 1.20. The fourth-order valence-corrected chi connectivity index (χ4v) is 3.87. The van der Waals surface area contributed by atoms with E-state index in [4.69, 9.17) is 0 Å². The van der Waals surface area contributed by atoms with Gasteiger partial charge in [0.25, 0.3) is 0 Å². The van der Waals surface area contributed by atoms with E-state index >= 15 is 0 Å². The molecule has 1 aliphatic rings. The van der Waals surface area contributed by atoms with Crippen LogP contribution in [0.1, 0.15) is 16.8 Å². The Hall–Kier alpha value is -3.39. The molecule has 1 atom stereocenters. The Balaban J connectivity index is 1.74. The number of amidine groups is 1. The summed E-state index contributed by atoms with van der Waals surface area (Å²) in [4.78, 5) is 41.8. The van der Waals surface area contributed by atoms with E-state index in [0.717, 1.165) is 0 Å². The Labute approximate surface area is 172 Å². The smallest absolute Gasteiger partial charge is 0.242 e. The molecule has 7 nitrogen and oxygen atoms in total. The van der Waals surface area contributed by atoms with E-state index < -0.39 is 11.2 Å². The van der Waals surface area contributed by atoms with Crippen LogP contribution in [-0.2, 0) is 9.59 Å². The zero-order valence-electron chi connectivity index (χ0n) is 15.4. The molecule has 0 aromatic heterocycles. The van der Waals surface area contributed by atoms with Crippen LogP contribution in [0.2, 0.25) is 0 Å². The van der Waals surface area contributed by atoms with Gasteiger partial charge in [0.05, 0.1) is 11.7 Å². The van der Waals surface area contributed by atoms with Gasteiger partial charge in [-0.25, -0.2) is 4.99 Å². The molecule has 0 unspecified atom stereocenters. The molecule has 3 rings (SSSR count). The Bertz CT molecular complexity index is 958. The van der Waals surface area contributed by atoms with Crippen LogP contribution in [0, 0.1) is 0 Å². The van der Waals surface area contributed by atoms with Crippen molar-refractivity contribution >= 4 is 46.1 Å². The summed E-state index contributed by atoms with van der Waals surface area (Å²) in [5, 5.41) is 13.5. The van der Waals surface area contributed by atoms with Crippen molar-refractivity contribution in [1.82, 2.24) is 4.90 Å². The first kappa shape index (κ1) is 20.3. The van der Waals surface area contributed by atoms with E-state index in [-0.39, 0.29) is 30.3 Å². The molecule has 2 aromatic rings. The molecule has 1 heterocycles. The largest absolute Gasteiger partial charge is 0.545 e. The molecule has 2 aromatic carbocycles. The van der Waals surface area contributed by atoms with Gasteiger partial charge >= 0.3 is 0 Å². The molecule has 1 N–H and O–H groups in total. The molecule has 2 amide bonds. The third-order valence-electron chi connectivity index (χ3n) is 4.09. The van der Waals surface area contributed by atoms with Crippen LogP contribution in [-0.4, -0.2) is 39.6 Å². The number of thioether (sulfide) groups is 1. The topological polar surface area (TPSA) is 102 Å². The van der Waals surface area contributed by atoms with Crippen LogP contribution in [0.15, 0.2) is 72.2 Å². The molecule has 0 spiro atoms. The van der Waals surface area contributed by atoms with Crippen LogP contribution < -0.4 is 10.4 Å². The average molecular weight is 408 g/mol. The van der Waals surface area contributed by atoms with Crippen LogP contribution >= 0.6 is 11.8 Å². The second-order valence-electron chi connectivity index (χ2n) is 6.19. The highest BCUT2D eigenvalue weighted by atomic mass is 32.2. The monoisotopic (exact) mass is 408 g/mol. The van der Waals surface area contributed by atoms with E-state index in [1.807, 2.05) is 18.2 Å². The van der Waals surface area contributed by atoms with Gasteiger partial charge in [-0.05, 0) is 29.8 Å². The van der Waals surface area contributed by atoms with Crippen molar-refractivity contribution in [2.45, 2.75) is 11.7 Å². The lowest BCUT2D eigenvalue weighted by atomic mass is 10.2. The molecule has 0 aliphatic carbocycles. The normalized spacial score (nSPS) is 17.4. The minimum absolute atomic E-state index is 0.00861. The summed E-state index contributed by atoms with van der Waals surface area (Å²) >= 11 is 1.20. The number of rotatable bonds is 7. The lowest BCUT2D eigenvalue weighted by Gasteiger charge is -2.14. The molecular formula is C21H18N3O4S-. The number of carbonyl (C=O) groups is 3. The third kappa shape index (κ3) is 5.11. The number of amides is 2. The van der Waals surface area contributed by atoms with E-state index in [1.54, 1.807) is 18.2 Å². The van der Waals surface area contributed by atoms with Crippen molar-refractivity contribution in [3.63, 3.8) is 0 Å². The molecule has 29 heavy (non-hydrogen) atoms. The zero-order valence-corrected chi connectivity index (χ0v) is 16.2. The zero-order chi connectivity index (χ0) is 20.8. The maximum absolute atomic E-state index is 12.7. The predicted octanol–water partition coefficient (Wildman–Crippen LogP) is 2.20. The van der Waals surface area contributed by atoms with Crippen LogP contribution in [0.3, 0.4) is 0 Å². The second-order valence-corrected chi connectivity index (χ2v) is 7.36. The van der Waals surface area contributed by atoms with E-state index in [2.05, 4.69) is 16.9 Å². The van der Waals surface area contributed by atoms with Gasteiger partial charge in [-0.15, -0.1) is 6.58 Å². The fraction of sp³-hybridized carbons (Fsp3) is 0.143. The Morgan fingerprint density at radius 3 is 2.48 bits per heavy atom. The van der Waals surface area contributed by atoms with Gasteiger partial charge in [0.15, 0.2) is 5.17 Å². The van der Waals surface area contributed by atoms with Crippen molar-refractivity contribution in [3.05, 3.63) is 72.8 Å². The second kappa shape index (κ2) is 9.20. The van der Waals surface area contributed by atoms with Crippen LogP contribution in [0.4, 0.5) is 11.4 Å². The molecule has 1 aliphatic heterocycles. The summed E-state index contributed by atoms with van der Waals surface area (Å²) < 4.78 is 0. The number of nitrogens with zero attached hydrogens (tertiary/aromatic N) is 2. The Morgan fingerprint density at radius 2 is 1.86 bits per heavy atom. The van der Waals surface area contributed by atoms with Gasteiger partial charge < -0.3 is 15.2 Å². The molecular weight excluding hydrogens is 390 g/mol. The number of anilines is 1. The number of nitrogens with one attached hydrogen (secondary N) is 1. The SMILES string of the molecule is C=CCN1C(=O)[C@@H](CC(=O)Nc2ccccc2)SC1=Nc1ccc(C(=O)[O-])cc1. The van der Waals surface area contributed by atoms with E-state index in [9.17, 15) is 19.5 Å². The number of para-hydroxylation sites is 1. The number of hydrogen-bond acceptors (Lipinski definition) is 6. The Morgan fingerprint density at radius 1 is 1.17 bits per heavy atom. The van der Waals surface area contributed by atoms with Gasteiger partial charge in [0, 0.05) is 18.7 Å². The summed E-state index contributed by atoms with van der Waals surface area (Å²) in [6.07, 6.45) is 1.59. The quantitative estimate of drug-likeness (QED) is 0.708. The summed E-state index contributed by atoms with van der Waals surface area (Å²) in [6, 6.07) is 14.9. The Kier molecular flexibility index (Phi) is 6.46. The van der Waals surface area contributed by atoms with Crippen molar-refractivity contribution in [2.24, 2.45) is 4.99 Å². The van der Waals surface area contributed by atoms with Crippen LogP contribution in [0.25, 0.3) is 0 Å². The maximum Gasteiger partial charge on any atom is 0.242 e. The highest BCUT2D eigenvalue weighted by molar-refractivity contribution is 8.15. The number of aliphatic imine (C=N–C) groups is 1. The van der Waals surface area contributed by atoms with E-state index in [1.165, 1.54) is 40.9 Å². The standard InChI is InChI=1S/C21H19N3O4S/c1-2-12-24-19(26)17(13-18(25)22-15-6-4-3-5-7-15)29-21(24)23-16-10-8-14(9-11-16)20(27)28/h2-11,17H,1,12-13H2,(H,22,25)(H,27,28)/p-1/t17-/m1/s1. The number of aromatic carboxylic acids is 1. The third-order valence-corrected chi connectivity index (χ3v) is 5.26. The van der Waals surface area contributed by atoms with Crippen LogP contribution in [0.5, 0.6) is 0 Å². The van der Waals surface area contributed by atoms with Gasteiger partial charge in [0.1, 0.15) is 5.25 Å². The van der Waals surface area contributed by atoms with Crippen molar-refractivity contribution in [3.8, 4) is 0 Å². The first-order chi connectivity index (χ1) is 14.0. The first-order valence-electron chi connectivity index (χ1n) is 8.82. The molecule has 148 valence electrons. The number of carbonyl (C=O) groups excluding carboxylic acids is 3. The lowest BCUT2D eigenvalue weighted by Crippen LogP contribution is -2.33. The summed E-state index contributed by atoms with van der Waals surface area (Å²) in [5.74, 6) is -1.75. The van der Waals surface area contributed by atoms with E-state index in [0.29, 0.717) is 16.5 Å². The molecule has 8 heteroatoms. The number of carboxylic acid groups (broad SMARTS) is 1. The summed E-state index contributed by atoms with van der Waals surface area (Å²) in [7, 11) is 0. The molecule has 1 saturated heterocycles. The first-order valence-corrected chi connectivity index (χ1v) is 9.70. The minimum Gasteiger partial charge on any atom is -0.545 e. The molecule has 0 saturated carbocycles. The molecule has 0 bridgehead atoms. The van der Waals surface area contributed by atoms with Gasteiger partial charge in [-0.1, -0.05) is 48.2 Å². The van der Waals surface area contributed by atoms with Gasteiger partial charge in [-0.3, -0.25) is 14.5 Å². The number of carboxylic acids is 1. The van der Waals surface area contributed by atoms with Gasteiger partial charge in [0.2, 0.25) is 11.8 Å². The average Bonchev–Trinajstić information content (AvgIpc) is 2.98. The number of benzene rings is 2. The van der Waals surface area contributed by atoms with Gasteiger partial charge in [-0.2, -0.15) is 0 Å². The fourth-order valence-electron chi connectivity index (χ4n) is 2.71. The molecule has 1 fully saturated rings. The maximum atomic E-state index is 12.7. The predicted molar refractivity (Wildman–Crippen MR) is 111 cm³/mol. The lowest BCUT2D eigenvalue weighted by molar-refractivity contribution is -0.255. The highest BCUT2D eigenvalue weighted by Gasteiger charge is 2.38. The van der Waals surface area contributed by atoms with Crippen molar-refractivity contribution in [1.29, 1.82) is 0 Å². The van der Waals surface area contributed by atoms with Crippen molar-refractivity contribution in [2.75, 3.05) is 11.9 Å². The molecule has 0 radical (unpaired) electrons. The number of hydrogen-bond donors (Lipinski definition) is 1.